The first-order valence-corrected chi connectivity index (χ1v) is 7.57. The fourth-order valence-corrected chi connectivity index (χ4v) is 2.37. The Labute approximate surface area is 129 Å². The molecule has 2 aromatic rings. The van der Waals surface area contributed by atoms with E-state index >= 15 is 0 Å². The molecule has 1 aromatic heterocycles. The highest BCUT2D eigenvalue weighted by Gasteiger charge is 2.09. The number of hydrogen-bond acceptors (Lipinski definition) is 3. The Morgan fingerprint density at radius 3 is 2.26 bits per heavy atom. The Balaban J connectivity index is 2.00. The van der Waals surface area contributed by atoms with Crippen molar-refractivity contribution >= 4 is 31.9 Å². The van der Waals surface area contributed by atoms with Crippen LogP contribution in [-0.2, 0) is 12.8 Å². The second kappa shape index (κ2) is 7.14. The number of aromatic nitrogens is 1. The summed E-state index contributed by atoms with van der Waals surface area (Å²) in [4.78, 5) is 4.37. The van der Waals surface area contributed by atoms with Gasteiger partial charge in [0.25, 0.3) is 0 Å². The van der Waals surface area contributed by atoms with E-state index in [0.29, 0.717) is 0 Å². The van der Waals surface area contributed by atoms with Crippen molar-refractivity contribution in [3.8, 4) is 0 Å². The summed E-state index contributed by atoms with van der Waals surface area (Å²) in [5.41, 5.74) is 5.15. The molecule has 0 radical (unpaired) electrons. The average molecular weight is 385 g/mol. The fourth-order valence-electron chi connectivity index (χ4n) is 1.87. The van der Waals surface area contributed by atoms with E-state index in [2.05, 4.69) is 54.4 Å². The number of rotatable bonds is 5. The summed E-state index contributed by atoms with van der Waals surface area (Å²) in [5, 5.41) is 0. The Kier molecular flexibility index (Phi) is 5.51. The predicted octanol–water partition coefficient (Wildman–Crippen LogP) is 3.22. The molecular formula is C14H15Br2N3. The highest BCUT2D eigenvalue weighted by atomic mass is 79.9. The molecule has 0 spiro atoms. The molecule has 19 heavy (non-hydrogen) atoms. The van der Waals surface area contributed by atoms with Crippen LogP contribution in [-0.4, -0.2) is 11.0 Å². The summed E-state index contributed by atoms with van der Waals surface area (Å²) in [6, 6.07) is 12.5. The molecule has 2 rings (SSSR count). The Morgan fingerprint density at radius 1 is 1.00 bits per heavy atom. The molecular weight excluding hydrogens is 370 g/mol. The van der Waals surface area contributed by atoms with Crippen LogP contribution in [0.3, 0.4) is 0 Å². The molecule has 0 bridgehead atoms. The van der Waals surface area contributed by atoms with Gasteiger partial charge < -0.3 is 0 Å². The molecule has 0 aliphatic heterocycles. The average Bonchev–Trinajstić information content (AvgIpc) is 2.43. The number of pyridine rings is 1. The first-order chi connectivity index (χ1) is 9.17. The predicted molar refractivity (Wildman–Crippen MR) is 84.6 cm³/mol. The van der Waals surface area contributed by atoms with Crippen LogP contribution < -0.4 is 11.3 Å². The molecule has 5 heteroatoms. The van der Waals surface area contributed by atoms with Gasteiger partial charge in [-0.05, 0) is 52.2 Å². The molecule has 1 atom stereocenters. The molecule has 0 saturated carbocycles. The van der Waals surface area contributed by atoms with E-state index in [4.69, 9.17) is 5.84 Å². The lowest BCUT2D eigenvalue weighted by atomic mass is 10.0. The summed E-state index contributed by atoms with van der Waals surface area (Å²) in [6.45, 7) is 0. The largest absolute Gasteiger partial charge is 0.271 e. The molecule has 100 valence electrons. The zero-order valence-corrected chi connectivity index (χ0v) is 13.5. The molecule has 1 unspecified atom stereocenters. The lowest BCUT2D eigenvalue weighted by Gasteiger charge is -2.15. The van der Waals surface area contributed by atoms with Gasteiger partial charge >= 0.3 is 0 Å². The molecule has 0 aliphatic carbocycles. The van der Waals surface area contributed by atoms with Crippen LogP contribution in [0.25, 0.3) is 0 Å². The molecule has 0 saturated heterocycles. The van der Waals surface area contributed by atoms with Gasteiger partial charge in [-0.25, -0.2) is 0 Å². The third-order valence-corrected chi connectivity index (χ3v) is 3.87. The third-order valence-electron chi connectivity index (χ3n) is 2.88. The third kappa shape index (κ3) is 4.69. The van der Waals surface area contributed by atoms with Gasteiger partial charge in [0.05, 0.1) is 0 Å². The molecule has 0 aliphatic rings. The molecule has 3 nitrogen and oxygen atoms in total. The minimum absolute atomic E-state index is 0.176. The molecule has 1 aromatic carbocycles. The van der Waals surface area contributed by atoms with Gasteiger partial charge in [-0.3, -0.25) is 16.3 Å². The minimum atomic E-state index is 0.176. The summed E-state index contributed by atoms with van der Waals surface area (Å²) >= 11 is 6.82. The van der Waals surface area contributed by atoms with Gasteiger partial charge in [0.2, 0.25) is 0 Å². The zero-order chi connectivity index (χ0) is 13.7. The maximum atomic E-state index is 5.63. The van der Waals surface area contributed by atoms with Crippen molar-refractivity contribution in [2.75, 3.05) is 0 Å². The monoisotopic (exact) mass is 383 g/mol. The van der Waals surface area contributed by atoms with E-state index in [9.17, 15) is 0 Å². The first kappa shape index (κ1) is 14.7. The van der Waals surface area contributed by atoms with Crippen molar-refractivity contribution in [1.29, 1.82) is 0 Å². The highest BCUT2D eigenvalue weighted by molar-refractivity contribution is 9.10. The topological polar surface area (TPSA) is 50.9 Å². The van der Waals surface area contributed by atoms with Crippen molar-refractivity contribution in [1.82, 2.24) is 10.4 Å². The standard InChI is InChI=1S/C14H15Br2N3/c15-11-3-1-10(2-4-11)7-14(19-17)8-13-6-5-12(16)9-18-13/h1-6,9,14,19H,7-8,17H2. The van der Waals surface area contributed by atoms with E-state index in [1.165, 1.54) is 5.56 Å². The van der Waals surface area contributed by atoms with Gasteiger partial charge in [0, 0.05) is 33.3 Å². The van der Waals surface area contributed by atoms with Gasteiger partial charge in [-0.15, -0.1) is 0 Å². The summed E-state index contributed by atoms with van der Waals surface area (Å²) < 4.78 is 2.07. The van der Waals surface area contributed by atoms with Crippen LogP contribution in [0, 0.1) is 0 Å². The summed E-state index contributed by atoms with van der Waals surface area (Å²) in [6.07, 6.45) is 3.49. The molecule has 0 amide bonds. The van der Waals surface area contributed by atoms with Crippen LogP contribution in [0.4, 0.5) is 0 Å². The number of hydrogen-bond donors (Lipinski definition) is 2. The van der Waals surface area contributed by atoms with E-state index < -0.39 is 0 Å². The first-order valence-electron chi connectivity index (χ1n) is 5.98. The van der Waals surface area contributed by atoms with Gasteiger partial charge in [0.1, 0.15) is 0 Å². The normalized spacial score (nSPS) is 12.4. The van der Waals surface area contributed by atoms with Gasteiger partial charge in [-0.2, -0.15) is 0 Å². The Bertz CT molecular complexity index is 464. The number of hydrazine groups is 1. The Morgan fingerprint density at radius 2 is 1.68 bits per heavy atom. The number of nitrogens with two attached hydrogens (primary N) is 1. The van der Waals surface area contributed by atoms with Crippen LogP contribution in [0.15, 0.2) is 51.5 Å². The number of halogens is 2. The summed E-state index contributed by atoms with van der Waals surface area (Å²) in [7, 11) is 0. The maximum Gasteiger partial charge on any atom is 0.0420 e. The van der Waals surface area contributed by atoms with Crippen molar-refractivity contribution in [2.24, 2.45) is 5.84 Å². The van der Waals surface area contributed by atoms with Gasteiger partial charge in [0.15, 0.2) is 0 Å². The lowest BCUT2D eigenvalue weighted by molar-refractivity contribution is 0.517. The van der Waals surface area contributed by atoms with Crippen LogP contribution in [0.1, 0.15) is 11.3 Å². The van der Waals surface area contributed by atoms with Gasteiger partial charge in [-0.1, -0.05) is 28.1 Å². The Hall–Kier alpha value is -0.750. The van der Waals surface area contributed by atoms with Crippen molar-refractivity contribution in [3.63, 3.8) is 0 Å². The fraction of sp³-hybridized carbons (Fsp3) is 0.214. The smallest absolute Gasteiger partial charge is 0.0420 e. The number of nitrogens with one attached hydrogen (secondary N) is 1. The van der Waals surface area contributed by atoms with Crippen molar-refractivity contribution in [3.05, 3.63) is 62.8 Å². The van der Waals surface area contributed by atoms with Crippen molar-refractivity contribution in [2.45, 2.75) is 18.9 Å². The minimum Gasteiger partial charge on any atom is -0.271 e. The number of nitrogens with zero attached hydrogens (tertiary/aromatic N) is 1. The van der Waals surface area contributed by atoms with Crippen molar-refractivity contribution < 1.29 is 0 Å². The van der Waals surface area contributed by atoms with E-state index in [0.717, 1.165) is 27.5 Å². The second-order valence-electron chi connectivity index (χ2n) is 4.37. The molecule has 0 fully saturated rings. The van der Waals surface area contributed by atoms with Crippen LogP contribution >= 0.6 is 31.9 Å². The highest BCUT2D eigenvalue weighted by Crippen LogP contribution is 2.14. The quantitative estimate of drug-likeness (QED) is 0.614. The van der Waals surface area contributed by atoms with E-state index in [1.807, 2.05) is 30.5 Å². The zero-order valence-electron chi connectivity index (χ0n) is 10.3. The van der Waals surface area contributed by atoms with Crippen LogP contribution in [0.2, 0.25) is 0 Å². The lowest BCUT2D eigenvalue weighted by Crippen LogP contribution is -2.38. The number of benzene rings is 1. The molecule has 3 N–H and O–H groups in total. The maximum absolute atomic E-state index is 5.63. The SMILES string of the molecule is NNC(Cc1ccc(Br)cc1)Cc1ccc(Br)cn1. The molecule has 1 heterocycles. The summed E-state index contributed by atoms with van der Waals surface area (Å²) in [5.74, 6) is 5.63. The van der Waals surface area contributed by atoms with E-state index in [1.54, 1.807) is 0 Å². The second-order valence-corrected chi connectivity index (χ2v) is 6.20. The van der Waals surface area contributed by atoms with Crippen LogP contribution in [0.5, 0.6) is 0 Å². The van der Waals surface area contributed by atoms with E-state index in [-0.39, 0.29) is 6.04 Å².